The minimum atomic E-state index is -1.26. The second-order valence-corrected chi connectivity index (χ2v) is 4.90. The standard InChI is InChI=1S/C19H17NO5/c1-23-17-7-2-3-8-18(17)25-10-9-24-16-6-4-5-14(12-16)11-15(13-20)19(21)22/h2-8,11-12H,9-10H2,1H3,(H,21,22)/b15-11+. The van der Waals surface area contributed by atoms with Gasteiger partial charge in [-0.2, -0.15) is 5.26 Å². The number of carboxylic acids is 1. The molecule has 0 aliphatic rings. The van der Waals surface area contributed by atoms with E-state index in [4.69, 9.17) is 24.6 Å². The number of hydrogen-bond donors (Lipinski definition) is 1. The van der Waals surface area contributed by atoms with Crippen molar-refractivity contribution >= 4 is 12.0 Å². The van der Waals surface area contributed by atoms with Crippen LogP contribution in [-0.2, 0) is 4.79 Å². The summed E-state index contributed by atoms with van der Waals surface area (Å²) in [6.45, 7) is 0.619. The van der Waals surface area contributed by atoms with Crippen molar-refractivity contribution < 1.29 is 24.1 Å². The SMILES string of the molecule is COc1ccccc1OCCOc1cccc(/C=C(\C#N)C(=O)O)c1. The molecule has 0 radical (unpaired) electrons. The monoisotopic (exact) mass is 339 g/mol. The first-order valence-electron chi connectivity index (χ1n) is 7.48. The zero-order chi connectivity index (χ0) is 18.1. The molecule has 0 bridgehead atoms. The Morgan fingerprint density at radius 3 is 2.52 bits per heavy atom. The number of rotatable bonds is 8. The lowest BCUT2D eigenvalue weighted by atomic mass is 10.1. The number of benzene rings is 2. The Morgan fingerprint density at radius 2 is 1.84 bits per heavy atom. The van der Waals surface area contributed by atoms with Gasteiger partial charge in [0.1, 0.15) is 30.6 Å². The van der Waals surface area contributed by atoms with Crippen LogP contribution in [0, 0.1) is 11.3 Å². The maximum atomic E-state index is 10.9. The van der Waals surface area contributed by atoms with Crippen LogP contribution in [0.15, 0.2) is 54.1 Å². The maximum absolute atomic E-state index is 10.9. The van der Waals surface area contributed by atoms with E-state index < -0.39 is 5.97 Å². The molecule has 0 aromatic heterocycles. The number of hydrogen-bond acceptors (Lipinski definition) is 5. The first kappa shape index (κ1) is 17.9. The summed E-state index contributed by atoms with van der Waals surface area (Å²) in [5, 5.41) is 17.7. The van der Waals surface area contributed by atoms with Crippen LogP contribution in [0.25, 0.3) is 6.08 Å². The van der Waals surface area contributed by atoms with Gasteiger partial charge in [-0.05, 0) is 35.9 Å². The Morgan fingerprint density at radius 1 is 1.12 bits per heavy atom. The van der Waals surface area contributed by atoms with Crippen molar-refractivity contribution in [3.05, 3.63) is 59.7 Å². The van der Waals surface area contributed by atoms with E-state index >= 15 is 0 Å². The summed E-state index contributed by atoms with van der Waals surface area (Å²) in [5.74, 6) is 0.567. The first-order chi connectivity index (χ1) is 12.1. The van der Waals surface area contributed by atoms with Gasteiger partial charge in [-0.3, -0.25) is 0 Å². The zero-order valence-corrected chi connectivity index (χ0v) is 13.6. The molecule has 0 aliphatic carbocycles. The van der Waals surface area contributed by atoms with Gasteiger partial charge in [0.2, 0.25) is 0 Å². The van der Waals surface area contributed by atoms with E-state index in [2.05, 4.69) is 0 Å². The lowest BCUT2D eigenvalue weighted by molar-refractivity contribution is -0.132. The van der Waals surface area contributed by atoms with Crippen molar-refractivity contribution in [2.24, 2.45) is 0 Å². The molecular formula is C19H17NO5. The molecule has 0 spiro atoms. The van der Waals surface area contributed by atoms with Crippen molar-refractivity contribution in [3.8, 4) is 23.3 Å². The molecule has 2 aromatic rings. The minimum Gasteiger partial charge on any atom is -0.493 e. The predicted molar refractivity (Wildman–Crippen MR) is 91.7 cm³/mol. The number of ether oxygens (including phenoxy) is 3. The Kier molecular flexibility index (Phi) is 6.43. The molecule has 128 valence electrons. The normalized spacial score (nSPS) is 10.6. The smallest absolute Gasteiger partial charge is 0.346 e. The third-order valence-electron chi connectivity index (χ3n) is 3.20. The van der Waals surface area contributed by atoms with E-state index in [0.717, 1.165) is 0 Å². The van der Waals surface area contributed by atoms with E-state index in [1.54, 1.807) is 49.6 Å². The summed E-state index contributed by atoms with van der Waals surface area (Å²) in [6.07, 6.45) is 1.29. The summed E-state index contributed by atoms with van der Waals surface area (Å²) in [5.41, 5.74) is 0.235. The molecule has 0 unspecified atom stereocenters. The van der Waals surface area contributed by atoms with Gasteiger partial charge >= 0.3 is 5.97 Å². The summed E-state index contributed by atoms with van der Waals surface area (Å²) in [4.78, 5) is 10.9. The third kappa shape index (κ3) is 5.29. The molecule has 0 saturated carbocycles. The molecule has 0 saturated heterocycles. The molecule has 0 fully saturated rings. The van der Waals surface area contributed by atoms with E-state index in [1.807, 2.05) is 12.1 Å². The van der Waals surface area contributed by atoms with Crippen LogP contribution in [0.2, 0.25) is 0 Å². The van der Waals surface area contributed by atoms with Crippen molar-refractivity contribution in [1.29, 1.82) is 5.26 Å². The van der Waals surface area contributed by atoms with Crippen LogP contribution in [0.3, 0.4) is 0 Å². The summed E-state index contributed by atoms with van der Waals surface area (Å²) in [6, 6.07) is 15.8. The fraction of sp³-hybridized carbons (Fsp3) is 0.158. The van der Waals surface area contributed by atoms with E-state index in [1.165, 1.54) is 6.08 Å². The van der Waals surface area contributed by atoms with E-state index in [-0.39, 0.29) is 5.57 Å². The summed E-state index contributed by atoms with van der Waals surface area (Å²) in [7, 11) is 1.57. The third-order valence-corrected chi connectivity index (χ3v) is 3.20. The fourth-order valence-corrected chi connectivity index (χ4v) is 2.05. The highest BCUT2D eigenvalue weighted by molar-refractivity contribution is 5.96. The minimum absolute atomic E-state index is 0.301. The van der Waals surface area contributed by atoms with Gasteiger partial charge in [0.05, 0.1) is 7.11 Å². The van der Waals surface area contributed by atoms with Crippen LogP contribution >= 0.6 is 0 Å². The number of nitriles is 1. The Labute approximate surface area is 145 Å². The van der Waals surface area contributed by atoms with Crippen LogP contribution < -0.4 is 14.2 Å². The van der Waals surface area contributed by atoms with Crippen molar-refractivity contribution in [2.45, 2.75) is 0 Å². The fourth-order valence-electron chi connectivity index (χ4n) is 2.05. The molecule has 1 N–H and O–H groups in total. The van der Waals surface area contributed by atoms with Gasteiger partial charge < -0.3 is 19.3 Å². The average Bonchev–Trinajstić information content (AvgIpc) is 2.63. The number of nitrogens with zero attached hydrogens (tertiary/aromatic N) is 1. The molecule has 6 nitrogen and oxygen atoms in total. The highest BCUT2D eigenvalue weighted by Crippen LogP contribution is 2.25. The van der Waals surface area contributed by atoms with E-state index in [0.29, 0.717) is 36.0 Å². The second kappa shape index (κ2) is 8.99. The number of para-hydroxylation sites is 2. The van der Waals surface area contributed by atoms with Crippen molar-refractivity contribution in [3.63, 3.8) is 0 Å². The lowest BCUT2D eigenvalue weighted by Crippen LogP contribution is -2.09. The molecule has 2 aromatic carbocycles. The molecule has 2 rings (SSSR count). The maximum Gasteiger partial charge on any atom is 0.346 e. The van der Waals surface area contributed by atoms with Crippen LogP contribution in [-0.4, -0.2) is 31.4 Å². The molecule has 0 amide bonds. The zero-order valence-electron chi connectivity index (χ0n) is 13.6. The van der Waals surface area contributed by atoms with Gasteiger partial charge in [-0.1, -0.05) is 24.3 Å². The summed E-state index contributed by atoms with van der Waals surface area (Å²) >= 11 is 0. The van der Waals surface area contributed by atoms with Gasteiger partial charge in [0.15, 0.2) is 11.5 Å². The van der Waals surface area contributed by atoms with Crippen molar-refractivity contribution in [1.82, 2.24) is 0 Å². The molecule has 25 heavy (non-hydrogen) atoms. The average molecular weight is 339 g/mol. The highest BCUT2D eigenvalue weighted by Gasteiger charge is 2.06. The topological polar surface area (TPSA) is 88.8 Å². The van der Waals surface area contributed by atoms with Gasteiger partial charge in [-0.15, -0.1) is 0 Å². The number of carboxylic acid groups (broad SMARTS) is 1. The van der Waals surface area contributed by atoms with Crippen LogP contribution in [0.1, 0.15) is 5.56 Å². The van der Waals surface area contributed by atoms with Crippen LogP contribution in [0.4, 0.5) is 0 Å². The lowest BCUT2D eigenvalue weighted by Gasteiger charge is -2.11. The molecule has 0 heterocycles. The molecule has 6 heteroatoms. The number of carbonyl (C=O) groups is 1. The largest absolute Gasteiger partial charge is 0.493 e. The quantitative estimate of drug-likeness (QED) is 0.451. The van der Waals surface area contributed by atoms with Crippen LogP contribution in [0.5, 0.6) is 17.2 Å². The van der Waals surface area contributed by atoms with Crippen molar-refractivity contribution in [2.75, 3.05) is 20.3 Å². The summed E-state index contributed by atoms with van der Waals surface area (Å²) < 4.78 is 16.4. The van der Waals surface area contributed by atoms with Gasteiger partial charge in [0, 0.05) is 0 Å². The Balaban J connectivity index is 1.93. The highest BCUT2D eigenvalue weighted by atomic mass is 16.5. The molecular weight excluding hydrogens is 322 g/mol. The molecule has 0 atom stereocenters. The van der Waals surface area contributed by atoms with Gasteiger partial charge in [-0.25, -0.2) is 4.79 Å². The Bertz CT molecular complexity index is 807. The second-order valence-electron chi connectivity index (χ2n) is 4.90. The number of methoxy groups -OCH3 is 1. The van der Waals surface area contributed by atoms with Gasteiger partial charge in [0.25, 0.3) is 0 Å². The Hall–Kier alpha value is -3.46. The predicted octanol–water partition coefficient (Wildman–Crippen LogP) is 3.14. The first-order valence-corrected chi connectivity index (χ1v) is 7.48. The molecule has 0 aliphatic heterocycles. The number of aliphatic carboxylic acids is 1. The van der Waals surface area contributed by atoms with E-state index in [9.17, 15) is 4.79 Å².